The molecule has 0 radical (unpaired) electrons. The summed E-state index contributed by atoms with van der Waals surface area (Å²) in [5, 5.41) is 7.71. The van der Waals surface area contributed by atoms with Gasteiger partial charge < -0.3 is 19.1 Å². The third kappa shape index (κ3) is 8.43. The van der Waals surface area contributed by atoms with E-state index in [0.717, 1.165) is 73.0 Å². The number of anilines is 4. The number of ether oxygens (including phenoxy) is 1. The minimum absolute atomic E-state index is 0. The molecule has 0 atom stereocenters. The van der Waals surface area contributed by atoms with Crippen LogP contribution >= 0.6 is 0 Å². The summed E-state index contributed by atoms with van der Waals surface area (Å²) in [6, 6.07) is 58.0. The maximum atomic E-state index is 6.88. The van der Waals surface area contributed by atoms with E-state index < -0.39 is 0 Å². The molecule has 0 amide bonds. The zero-order chi connectivity index (χ0) is 43.3. The summed E-state index contributed by atoms with van der Waals surface area (Å²) in [6.07, 6.45) is 1.90. The van der Waals surface area contributed by atoms with E-state index in [-0.39, 0.29) is 31.9 Å². The molecule has 0 N–H and O–H groups in total. The predicted octanol–water partition coefficient (Wildman–Crippen LogP) is 13.9. The minimum atomic E-state index is -0.228. The Hall–Kier alpha value is -6.43. The molecule has 0 bridgehead atoms. The van der Waals surface area contributed by atoms with Crippen molar-refractivity contribution in [1.82, 2.24) is 19.3 Å². The second-order valence-corrected chi connectivity index (χ2v) is 18.1. The van der Waals surface area contributed by atoms with E-state index in [2.05, 4.69) is 216 Å². The molecule has 8 heteroatoms. The molecule has 0 aliphatic heterocycles. The molecule has 0 saturated carbocycles. The van der Waals surface area contributed by atoms with Gasteiger partial charge in [0.1, 0.15) is 11.6 Å². The molecule has 0 aliphatic rings. The van der Waals surface area contributed by atoms with E-state index >= 15 is 0 Å². The Labute approximate surface area is 385 Å². The van der Waals surface area contributed by atoms with Gasteiger partial charge in [0.05, 0.1) is 5.56 Å². The van der Waals surface area contributed by atoms with Crippen molar-refractivity contribution in [1.29, 1.82) is 0 Å². The van der Waals surface area contributed by atoms with Gasteiger partial charge in [-0.05, 0) is 82.4 Å². The number of aromatic nitrogens is 4. The number of hydrogen-bond donors (Lipinski definition) is 0. The first-order chi connectivity index (χ1) is 29.7. The fourth-order valence-electron chi connectivity index (χ4n) is 8.06. The van der Waals surface area contributed by atoms with Crippen molar-refractivity contribution in [2.45, 2.75) is 59.3 Å². The van der Waals surface area contributed by atoms with Crippen LogP contribution in [-0.4, -0.2) is 33.4 Å². The number of hydrogen-bond acceptors (Lipinski definition) is 5. The van der Waals surface area contributed by atoms with Crippen molar-refractivity contribution < 1.29 is 25.8 Å². The quantitative estimate of drug-likeness (QED) is 0.135. The summed E-state index contributed by atoms with van der Waals surface area (Å²) >= 11 is 0. The third-order valence-electron chi connectivity index (χ3n) is 11.6. The van der Waals surface area contributed by atoms with Crippen LogP contribution in [-0.2, 0) is 31.9 Å². The van der Waals surface area contributed by atoms with Crippen LogP contribution in [0.1, 0.15) is 58.2 Å². The van der Waals surface area contributed by atoms with Crippen LogP contribution < -0.4 is 14.5 Å². The zero-order valence-electron chi connectivity index (χ0n) is 37.3. The summed E-state index contributed by atoms with van der Waals surface area (Å²) in [6.45, 7) is 15.5. The number of rotatable bonds is 9. The average Bonchev–Trinajstić information content (AvgIpc) is 3.83. The van der Waals surface area contributed by atoms with Crippen molar-refractivity contribution in [3.63, 3.8) is 0 Å². The van der Waals surface area contributed by atoms with E-state index in [9.17, 15) is 0 Å². The maximum Gasteiger partial charge on any atom is 2.00 e. The first-order valence-corrected chi connectivity index (χ1v) is 21.2. The van der Waals surface area contributed by atoms with Gasteiger partial charge in [-0.15, -0.1) is 46.4 Å². The van der Waals surface area contributed by atoms with Crippen LogP contribution in [0.4, 0.5) is 23.0 Å². The molecule has 9 aromatic rings. The number of nitrogens with zero attached hydrogens (tertiary/aromatic N) is 6. The summed E-state index contributed by atoms with van der Waals surface area (Å²) in [5.41, 5.74) is 10.0. The first kappa shape index (κ1) is 43.2. The Bertz CT molecular complexity index is 3050. The van der Waals surface area contributed by atoms with Crippen molar-refractivity contribution in [2.24, 2.45) is 0 Å². The molecule has 9 rings (SSSR count). The monoisotopic (exact) mass is 1010 g/mol. The van der Waals surface area contributed by atoms with Crippen LogP contribution in [0.5, 0.6) is 11.5 Å². The van der Waals surface area contributed by atoms with Crippen molar-refractivity contribution in [3.05, 3.63) is 181 Å². The molecule has 7 nitrogen and oxygen atoms in total. The van der Waals surface area contributed by atoms with Gasteiger partial charge in [0.2, 0.25) is 0 Å². The van der Waals surface area contributed by atoms with Gasteiger partial charge in [0, 0.05) is 48.7 Å². The van der Waals surface area contributed by atoms with Crippen molar-refractivity contribution in [2.75, 3.05) is 23.9 Å². The van der Waals surface area contributed by atoms with Gasteiger partial charge in [-0.25, -0.2) is 9.67 Å². The number of benzene rings is 6. The molecule has 0 fully saturated rings. The molecule has 6 aromatic carbocycles. The molecule has 0 saturated heterocycles. The molecular weight excluding hydrogens is 956 g/mol. The van der Waals surface area contributed by atoms with Crippen LogP contribution in [0.2, 0.25) is 0 Å². The minimum Gasteiger partial charge on any atom is -0.509 e. The van der Waals surface area contributed by atoms with E-state index in [0.29, 0.717) is 11.5 Å². The largest absolute Gasteiger partial charge is 2.00 e. The normalized spacial score (nSPS) is 11.8. The van der Waals surface area contributed by atoms with Crippen LogP contribution in [0.3, 0.4) is 0 Å². The smallest absolute Gasteiger partial charge is 0.509 e. The topological polar surface area (TPSA) is 51.4 Å². The molecule has 318 valence electrons. The number of aryl methyl sites for hydroxylation is 1. The molecule has 3 aromatic heterocycles. The Balaban J connectivity index is 0.00000544. The first-order valence-electron chi connectivity index (χ1n) is 21.2. The molecule has 0 unspecified atom stereocenters. The second-order valence-electron chi connectivity index (χ2n) is 18.1. The summed E-state index contributed by atoms with van der Waals surface area (Å²) in [4.78, 5) is 9.26. The van der Waals surface area contributed by atoms with E-state index in [4.69, 9.17) is 14.8 Å². The number of pyridine rings is 1. The van der Waals surface area contributed by atoms with Gasteiger partial charge in [-0.1, -0.05) is 131 Å². The van der Waals surface area contributed by atoms with Gasteiger partial charge in [0.25, 0.3) is 0 Å². The van der Waals surface area contributed by atoms with E-state index in [1.807, 2.05) is 29.1 Å². The van der Waals surface area contributed by atoms with E-state index in [1.54, 1.807) is 0 Å². The Morgan fingerprint density at radius 3 is 1.90 bits per heavy atom. The second kappa shape index (κ2) is 17.0. The Kier molecular flexibility index (Phi) is 11.7. The molecule has 3 heterocycles. The standard InChI is InChI=1S/C55H52N6O.Pt/c1-37-24-26-38(27-25-37)51-52(58(8)41-18-12-10-13-19-41)57-61(53(51)59(9)42-20-14-11-15-21-42)43-32-40(55(5,6)7)33-45(35-43)62-44-28-29-47-46-22-16-17-23-48(46)60(49(47)36-44)50-34-39(30-31-56-50)54(2,3)4;/h10-34H,1-9H3;/q-2;+2. The molecule has 63 heavy (non-hydrogen) atoms. The number of para-hydroxylation sites is 3. The average molecular weight is 1010 g/mol. The van der Waals surface area contributed by atoms with Gasteiger partial charge in [-0.3, -0.25) is 0 Å². The number of fused-ring (bicyclic) bond motifs is 3. The SMILES string of the molecule is Cc1ccc(-c2c(N(C)c3ccccc3)nn(-c3[c-]c(Oc4[c-]c5c(cc4)c4ccccc4n5-c4cc(C(C)(C)C)ccn4)cc(C(C)(C)C)c3)c2N(C)c2ccccc2)cc1.[Pt+2]. The molecule has 0 spiro atoms. The Morgan fingerprint density at radius 2 is 1.24 bits per heavy atom. The Morgan fingerprint density at radius 1 is 0.603 bits per heavy atom. The van der Waals surface area contributed by atoms with Gasteiger partial charge in [0.15, 0.2) is 5.82 Å². The van der Waals surface area contributed by atoms with Crippen LogP contribution in [0.25, 0.3) is 44.4 Å². The van der Waals surface area contributed by atoms with Gasteiger partial charge >= 0.3 is 21.1 Å². The van der Waals surface area contributed by atoms with Crippen molar-refractivity contribution >= 4 is 44.8 Å². The summed E-state index contributed by atoms with van der Waals surface area (Å²) in [5.74, 6) is 3.69. The fourth-order valence-corrected chi connectivity index (χ4v) is 8.06. The summed E-state index contributed by atoms with van der Waals surface area (Å²) in [7, 11) is 4.18. The fraction of sp³-hybridized carbons (Fsp3) is 0.200. The maximum absolute atomic E-state index is 6.88. The third-order valence-corrected chi connectivity index (χ3v) is 11.6. The van der Waals surface area contributed by atoms with Crippen LogP contribution in [0, 0.1) is 19.1 Å². The van der Waals surface area contributed by atoms with Gasteiger partial charge in [-0.2, -0.15) is 6.07 Å². The van der Waals surface area contributed by atoms with E-state index in [1.165, 1.54) is 11.1 Å². The summed E-state index contributed by atoms with van der Waals surface area (Å²) < 4.78 is 11.1. The zero-order valence-corrected chi connectivity index (χ0v) is 39.6. The predicted molar refractivity (Wildman–Crippen MR) is 256 cm³/mol. The van der Waals surface area contributed by atoms with Crippen LogP contribution in [0.15, 0.2) is 152 Å². The molecule has 0 aliphatic carbocycles. The van der Waals surface area contributed by atoms with Crippen molar-refractivity contribution in [3.8, 4) is 34.1 Å². The molecular formula is C55H52N6OPt.